The van der Waals surface area contributed by atoms with Crippen LogP contribution in [0.1, 0.15) is 51.7 Å². The lowest BCUT2D eigenvalue weighted by molar-refractivity contribution is -0.140. The number of pyridine rings is 1. The Bertz CT molecular complexity index is 1520. The van der Waals surface area contributed by atoms with E-state index in [1.54, 1.807) is 30.3 Å². The Balaban J connectivity index is 1.36. The van der Waals surface area contributed by atoms with E-state index in [1.165, 1.54) is 31.4 Å². The van der Waals surface area contributed by atoms with Crippen molar-refractivity contribution < 1.29 is 32.0 Å². The summed E-state index contributed by atoms with van der Waals surface area (Å²) in [5.74, 6) is 0.0160. The first-order chi connectivity index (χ1) is 19.2. The van der Waals surface area contributed by atoms with Gasteiger partial charge in [-0.05, 0) is 48.7 Å². The van der Waals surface area contributed by atoms with Crippen LogP contribution in [0.25, 0.3) is 11.3 Å². The molecule has 0 radical (unpaired) electrons. The second-order valence-corrected chi connectivity index (χ2v) is 9.93. The van der Waals surface area contributed by atoms with Crippen LogP contribution in [0.5, 0.6) is 5.88 Å². The molecule has 40 heavy (non-hydrogen) atoms. The van der Waals surface area contributed by atoms with Gasteiger partial charge >= 0.3 is 12.1 Å². The van der Waals surface area contributed by atoms with Crippen molar-refractivity contribution in [2.45, 2.75) is 38.1 Å². The van der Waals surface area contributed by atoms with Gasteiger partial charge in [-0.25, -0.2) is 9.78 Å². The van der Waals surface area contributed by atoms with E-state index in [0.29, 0.717) is 43.8 Å². The van der Waals surface area contributed by atoms with Gasteiger partial charge in [0.15, 0.2) is 5.69 Å². The molecule has 1 N–H and O–H groups in total. The zero-order valence-corrected chi connectivity index (χ0v) is 22.5. The van der Waals surface area contributed by atoms with Crippen molar-refractivity contribution in [3.8, 4) is 17.1 Å². The number of anilines is 1. The summed E-state index contributed by atoms with van der Waals surface area (Å²) in [6, 6.07) is 13.9. The highest BCUT2D eigenvalue weighted by molar-refractivity contribution is 6.39. The van der Waals surface area contributed by atoms with E-state index in [2.05, 4.69) is 20.2 Å². The third-order valence-electron chi connectivity index (χ3n) is 6.33. The van der Waals surface area contributed by atoms with Gasteiger partial charge in [0.05, 0.1) is 34.0 Å². The van der Waals surface area contributed by atoms with Crippen LogP contribution in [0.15, 0.2) is 59.1 Å². The van der Waals surface area contributed by atoms with Crippen LogP contribution in [0.2, 0.25) is 10.0 Å². The quantitative estimate of drug-likeness (QED) is 0.198. The number of aromatic nitrogens is 2. The van der Waals surface area contributed by atoms with Crippen LogP contribution in [0.3, 0.4) is 0 Å². The van der Waals surface area contributed by atoms with Crippen LogP contribution in [-0.2, 0) is 24.1 Å². The number of carbonyl (C=O) groups is 1. The van der Waals surface area contributed by atoms with Crippen molar-refractivity contribution in [2.75, 3.05) is 12.4 Å². The van der Waals surface area contributed by atoms with Crippen molar-refractivity contribution in [1.29, 1.82) is 0 Å². The van der Waals surface area contributed by atoms with Gasteiger partial charge in [-0.2, -0.15) is 13.2 Å². The molecule has 208 valence electrons. The van der Waals surface area contributed by atoms with Gasteiger partial charge in [0.25, 0.3) is 0 Å². The third kappa shape index (κ3) is 6.03. The molecule has 2 aromatic carbocycles. The summed E-state index contributed by atoms with van der Waals surface area (Å²) in [6.07, 6.45) is -2.94. The fourth-order valence-corrected chi connectivity index (χ4v) is 4.72. The first-order valence-electron chi connectivity index (χ1n) is 12.2. The molecule has 2 heterocycles. The Kier molecular flexibility index (Phi) is 7.91. The van der Waals surface area contributed by atoms with Gasteiger partial charge in [-0.15, -0.1) is 0 Å². The topological polar surface area (TPSA) is 86.5 Å². The normalized spacial score (nSPS) is 13.2. The highest BCUT2D eigenvalue weighted by Crippen LogP contribution is 2.46. The predicted molar refractivity (Wildman–Crippen MR) is 143 cm³/mol. The Morgan fingerprint density at radius 3 is 2.40 bits per heavy atom. The SMILES string of the molecule is COC(=O)c1ccc(CNc2ccc(OCc3c(-c4c(Cl)cccc4Cl)noc3C3CC3)nc2C(F)(F)F)cc1. The molecule has 0 saturated heterocycles. The summed E-state index contributed by atoms with van der Waals surface area (Å²) in [4.78, 5) is 15.3. The number of methoxy groups -OCH3 is 1. The molecule has 1 aliphatic carbocycles. The molecule has 0 amide bonds. The molecular weight excluding hydrogens is 570 g/mol. The molecule has 2 aromatic heterocycles. The molecule has 0 atom stereocenters. The molecule has 1 saturated carbocycles. The molecule has 5 rings (SSSR count). The molecule has 1 fully saturated rings. The molecule has 0 unspecified atom stereocenters. The molecule has 4 aromatic rings. The van der Waals surface area contributed by atoms with Gasteiger partial charge in [0, 0.05) is 24.1 Å². The van der Waals surface area contributed by atoms with Gasteiger partial charge < -0.3 is 19.3 Å². The van der Waals surface area contributed by atoms with E-state index < -0.39 is 17.8 Å². The maximum absolute atomic E-state index is 13.9. The summed E-state index contributed by atoms with van der Waals surface area (Å²) >= 11 is 12.8. The first kappa shape index (κ1) is 27.8. The number of hydrogen-bond acceptors (Lipinski definition) is 7. The minimum absolute atomic E-state index is 0.0693. The summed E-state index contributed by atoms with van der Waals surface area (Å²) in [7, 11) is 1.27. The fraction of sp³-hybridized carbons (Fsp3) is 0.250. The lowest BCUT2D eigenvalue weighted by Crippen LogP contribution is -2.14. The standard InChI is InChI=1S/C28H22Cl2F3N3O4/c1-38-27(37)17-7-5-15(6-8-17)13-34-21-11-12-22(35-26(21)28(31,32)33)39-14-18-24(36-40-25(18)16-9-10-16)23-19(29)3-2-4-20(23)30/h2-8,11-12,16,34H,9-10,13-14H2,1H3. The Morgan fingerprint density at radius 1 is 1.07 bits per heavy atom. The summed E-state index contributed by atoms with van der Waals surface area (Å²) in [5.41, 5.74) is 1.05. The third-order valence-corrected chi connectivity index (χ3v) is 6.96. The lowest BCUT2D eigenvalue weighted by Gasteiger charge is -2.16. The Labute approximate surface area is 237 Å². The van der Waals surface area contributed by atoms with E-state index in [0.717, 1.165) is 12.8 Å². The van der Waals surface area contributed by atoms with E-state index in [-0.39, 0.29) is 30.6 Å². The van der Waals surface area contributed by atoms with E-state index >= 15 is 0 Å². The molecule has 1 aliphatic rings. The zero-order chi connectivity index (χ0) is 28.4. The number of alkyl halides is 3. The van der Waals surface area contributed by atoms with Crippen LogP contribution >= 0.6 is 23.2 Å². The second kappa shape index (κ2) is 11.4. The molecular formula is C28H22Cl2F3N3O4. The van der Waals surface area contributed by atoms with Crippen LogP contribution in [-0.4, -0.2) is 23.2 Å². The molecule has 12 heteroatoms. The van der Waals surface area contributed by atoms with Gasteiger partial charge in [0.2, 0.25) is 5.88 Å². The second-order valence-electron chi connectivity index (χ2n) is 9.12. The minimum atomic E-state index is -4.75. The van der Waals surface area contributed by atoms with Gasteiger partial charge in [0.1, 0.15) is 18.1 Å². The predicted octanol–water partition coefficient (Wildman–Crippen LogP) is 7.92. The number of nitrogens with one attached hydrogen (secondary N) is 1. The number of rotatable bonds is 9. The van der Waals surface area contributed by atoms with Gasteiger partial charge in [-0.1, -0.05) is 46.6 Å². The average Bonchev–Trinajstić information content (AvgIpc) is 3.70. The van der Waals surface area contributed by atoms with Crippen molar-refractivity contribution in [3.05, 3.63) is 92.8 Å². The number of ether oxygens (including phenoxy) is 2. The summed E-state index contributed by atoms with van der Waals surface area (Å²) < 4.78 is 57.8. The number of carbonyl (C=O) groups excluding carboxylic acids is 1. The van der Waals surface area contributed by atoms with Crippen molar-refractivity contribution in [1.82, 2.24) is 10.1 Å². The van der Waals surface area contributed by atoms with Crippen LogP contribution in [0, 0.1) is 0 Å². The van der Waals surface area contributed by atoms with Crippen LogP contribution in [0.4, 0.5) is 18.9 Å². The first-order valence-corrected chi connectivity index (χ1v) is 13.0. The largest absolute Gasteiger partial charge is 0.473 e. The highest BCUT2D eigenvalue weighted by Gasteiger charge is 2.37. The molecule has 0 aliphatic heterocycles. The van der Waals surface area contributed by atoms with E-state index in [4.69, 9.17) is 32.5 Å². The number of benzene rings is 2. The fourth-order valence-electron chi connectivity index (χ4n) is 4.15. The van der Waals surface area contributed by atoms with Crippen molar-refractivity contribution in [3.63, 3.8) is 0 Å². The lowest BCUT2D eigenvalue weighted by atomic mass is 10.0. The number of halogens is 5. The zero-order valence-electron chi connectivity index (χ0n) is 21.0. The van der Waals surface area contributed by atoms with Crippen molar-refractivity contribution in [2.24, 2.45) is 0 Å². The Morgan fingerprint density at radius 2 is 1.77 bits per heavy atom. The van der Waals surface area contributed by atoms with E-state index in [9.17, 15) is 18.0 Å². The average molecular weight is 592 g/mol. The van der Waals surface area contributed by atoms with Crippen molar-refractivity contribution >= 4 is 34.9 Å². The molecule has 7 nitrogen and oxygen atoms in total. The van der Waals surface area contributed by atoms with E-state index in [1.807, 2.05) is 0 Å². The minimum Gasteiger partial charge on any atom is -0.473 e. The van der Waals surface area contributed by atoms with Gasteiger partial charge in [-0.3, -0.25) is 0 Å². The highest BCUT2D eigenvalue weighted by atomic mass is 35.5. The smallest absolute Gasteiger partial charge is 0.435 e. The molecule has 0 spiro atoms. The number of hydrogen-bond donors (Lipinski definition) is 1. The maximum Gasteiger partial charge on any atom is 0.435 e. The Hall–Kier alpha value is -3.76. The summed E-state index contributed by atoms with van der Waals surface area (Å²) in [5, 5.41) is 7.65. The van der Waals surface area contributed by atoms with Crippen LogP contribution < -0.4 is 10.1 Å². The summed E-state index contributed by atoms with van der Waals surface area (Å²) in [6.45, 7) is -0.0738. The number of esters is 1. The monoisotopic (exact) mass is 591 g/mol. The molecule has 0 bridgehead atoms. The maximum atomic E-state index is 13.9. The number of nitrogens with zero attached hydrogens (tertiary/aromatic N) is 2.